The number of hydrogen-bond donors (Lipinski definition) is 2. The highest BCUT2D eigenvalue weighted by Gasteiger charge is 2.32. The first-order valence-electron chi connectivity index (χ1n) is 6.98. The predicted molar refractivity (Wildman–Crippen MR) is 81.4 cm³/mol. The summed E-state index contributed by atoms with van der Waals surface area (Å²) in [6.07, 6.45) is 0.998. The second kappa shape index (κ2) is 5.78. The maximum atomic E-state index is 11.2. The molecular formula is C18H22O2. The maximum absolute atomic E-state index is 11.2. The zero-order valence-corrected chi connectivity index (χ0v) is 12.1. The molecule has 2 heteroatoms. The molecule has 0 unspecified atom stereocenters. The van der Waals surface area contributed by atoms with Crippen LogP contribution in [0.25, 0.3) is 0 Å². The van der Waals surface area contributed by atoms with Crippen LogP contribution >= 0.6 is 0 Å². The average molecular weight is 270 g/mol. The Morgan fingerprint density at radius 3 is 1.45 bits per heavy atom. The van der Waals surface area contributed by atoms with Crippen molar-refractivity contribution in [2.24, 2.45) is 0 Å². The third-order valence-corrected chi connectivity index (χ3v) is 3.60. The van der Waals surface area contributed by atoms with E-state index in [-0.39, 0.29) is 0 Å². The van der Waals surface area contributed by atoms with Gasteiger partial charge in [-0.15, -0.1) is 0 Å². The van der Waals surface area contributed by atoms with Gasteiger partial charge < -0.3 is 10.2 Å². The molecule has 0 aliphatic rings. The summed E-state index contributed by atoms with van der Waals surface area (Å²) < 4.78 is 0. The molecule has 0 amide bonds. The van der Waals surface area contributed by atoms with Gasteiger partial charge in [0.2, 0.25) is 0 Å². The van der Waals surface area contributed by atoms with Crippen LogP contribution < -0.4 is 0 Å². The molecule has 0 atom stereocenters. The van der Waals surface area contributed by atoms with Gasteiger partial charge >= 0.3 is 0 Å². The Hall–Kier alpha value is -1.64. The van der Waals surface area contributed by atoms with E-state index >= 15 is 0 Å². The van der Waals surface area contributed by atoms with Gasteiger partial charge in [0.15, 0.2) is 0 Å². The van der Waals surface area contributed by atoms with Crippen molar-refractivity contribution in [1.29, 1.82) is 0 Å². The highest BCUT2D eigenvalue weighted by Crippen LogP contribution is 2.35. The standard InChI is InChI=1S/C18H22O2/c1-17(2,19)13-14-18(20,15-9-5-3-6-10-15)16-11-7-4-8-12-16/h3-12,19-20H,13-14H2,1-2H3. The van der Waals surface area contributed by atoms with E-state index in [1.165, 1.54) is 0 Å². The van der Waals surface area contributed by atoms with Crippen molar-refractivity contribution in [3.05, 3.63) is 71.8 Å². The van der Waals surface area contributed by atoms with Crippen LogP contribution in [0.5, 0.6) is 0 Å². The molecule has 0 fully saturated rings. The molecule has 2 aromatic rings. The molecule has 20 heavy (non-hydrogen) atoms. The molecule has 2 aromatic carbocycles. The minimum Gasteiger partial charge on any atom is -0.390 e. The minimum absolute atomic E-state index is 0.477. The Morgan fingerprint density at radius 2 is 1.10 bits per heavy atom. The van der Waals surface area contributed by atoms with Crippen molar-refractivity contribution >= 4 is 0 Å². The summed E-state index contributed by atoms with van der Waals surface area (Å²) in [7, 11) is 0. The van der Waals surface area contributed by atoms with Crippen molar-refractivity contribution in [1.82, 2.24) is 0 Å². The van der Waals surface area contributed by atoms with Crippen molar-refractivity contribution in [3.8, 4) is 0 Å². The summed E-state index contributed by atoms with van der Waals surface area (Å²) in [6, 6.07) is 19.3. The van der Waals surface area contributed by atoms with Crippen LogP contribution in [0.2, 0.25) is 0 Å². The van der Waals surface area contributed by atoms with Gasteiger partial charge in [0.25, 0.3) is 0 Å². The molecule has 0 aliphatic carbocycles. The second-order valence-corrected chi connectivity index (χ2v) is 5.90. The summed E-state index contributed by atoms with van der Waals surface area (Å²) in [4.78, 5) is 0. The Labute approximate surface area is 120 Å². The van der Waals surface area contributed by atoms with E-state index in [2.05, 4.69) is 0 Å². The van der Waals surface area contributed by atoms with Crippen molar-refractivity contribution in [2.45, 2.75) is 37.9 Å². The minimum atomic E-state index is -1.07. The largest absolute Gasteiger partial charge is 0.390 e. The number of benzene rings is 2. The van der Waals surface area contributed by atoms with Gasteiger partial charge in [-0.1, -0.05) is 60.7 Å². The number of aliphatic hydroxyl groups is 2. The van der Waals surface area contributed by atoms with Crippen molar-refractivity contribution < 1.29 is 10.2 Å². The van der Waals surface area contributed by atoms with E-state index in [0.717, 1.165) is 11.1 Å². The van der Waals surface area contributed by atoms with Crippen LogP contribution in [0.4, 0.5) is 0 Å². The molecular weight excluding hydrogens is 248 g/mol. The van der Waals surface area contributed by atoms with E-state index in [0.29, 0.717) is 12.8 Å². The van der Waals surface area contributed by atoms with Gasteiger partial charge in [0.05, 0.1) is 5.60 Å². The van der Waals surface area contributed by atoms with Gasteiger partial charge in [-0.2, -0.15) is 0 Å². The fourth-order valence-electron chi connectivity index (χ4n) is 2.37. The molecule has 2 rings (SSSR count). The quantitative estimate of drug-likeness (QED) is 0.873. The summed E-state index contributed by atoms with van der Waals surface area (Å²) in [5.41, 5.74) is -0.147. The molecule has 0 radical (unpaired) electrons. The van der Waals surface area contributed by atoms with E-state index in [1.807, 2.05) is 60.7 Å². The van der Waals surface area contributed by atoms with E-state index < -0.39 is 11.2 Å². The Kier molecular flexibility index (Phi) is 4.26. The Morgan fingerprint density at radius 1 is 0.700 bits per heavy atom. The lowest BCUT2D eigenvalue weighted by Gasteiger charge is -2.32. The molecule has 106 valence electrons. The highest BCUT2D eigenvalue weighted by molar-refractivity contribution is 5.35. The Bertz CT molecular complexity index is 487. The predicted octanol–water partition coefficient (Wildman–Crippen LogP) is 3.47. The molecule has 0 saturated heterocycles. The molecule has 0 saturated carbocycles. The first-order chi connectivity index (χ1) is 9.42. The summed E-state index contributed by atoms with van der Waals surface area (Å²) in [5, 5.41) is 21.2. The lowest BCUT2D eigenvalue weighted by atomic mass is 9.80. The molecule has 0 spiro atoms. The van der Waals surface area contributed by atoms with E-state index in [1.54, 1.807) is 13.8 Å². The van der Waals surface area contributed by atoms with Crippen LogP contribution in [0, 0.1) is 0 Å². The van der Waals surface area contributed by atoms with Gasteiger partial charge in [0, 0.05) is 0 Å². The molecule has 0 heterocycles. The molecule has 0 bridgehead atoms. The fourth-order valence-corrected chi connectivity index (χ4v) is 2.37. The molecule has 2 nitrogen and oxygen atoms in total. The lowest BCUT2D eigenvalue weighted by molar-refractivity contribution is 0.0164. The molecule has 2 N–H and O–H groups in total. The lowest BCUT2D eigenvalue weighted by Crippen LogP contribution is -2.31. The van der Waals surface area contributed by atoms with Crippen LogP contribution in [0.1, 0.15) is 37.8 Å². The highest BCUT2D eigenvalue weighted by atomic mass is 16.3. The van der Waals surface area contributed by atoms with E-state index in [9.17, 15) is 10.2 Å². The maximum Gasteiger partial charge on any atom is 0.115 e. The van der Waals surface area contributed by atoms with Crippen LogP contribution in [0.3, 0.4) is 0 Å². The average Bonchev–Trinajstić information content (AvgIpc) is 2.46. The van der Waals surface area contributed by atoms with Gasteiger partial charge in [-0.3, -0.25) is 0 Å². The second-order valence-electron chi connectivity index (χ2n) is 5.90. The zero-order chi connectivity index (χ0) is 14.6. The SMILES string of the molecule is CC(C)(O)CCC(O)(c1ccccc1)c1ccccc1. The zero-order valence-electron chi connectivity index (χ0n) is 12.1. The summed E-state index contributed by atoms with van der Waals surface area (Å²) >= 11 is 0. The van der Waals surface area contributed by atoms with Crippen molar-refractivity contribution in [2.75, 3.05) is 0 Å². The first-order valence-corrected chi connectivity index (χ1v) is 6.98. The number of rotatable bonds is 5. The fraction of sp³-hybridized carbons (Fsp3) is 0.333. The van der Waals surface area contributed by atoms with Crippen molar-refractivity contribution in [3.63, 3.8) is 0 Å². The van der Waals surface area contributed by atoms with Gasteiger partial charge in [-0.25, -0.2) is 0 Å². The van der Waals surface area contributed by atoms with Gasteiger partial charge in [-0.05, 0) is 37.8 Å². The molecule has 0 aromatic heterocycles. The summed E-state index contributed by atoms with van der Waals surface area (Å²) in [6.45, 7) is 3.53. The topological polar surface area (TPSA) is 40.5 Å². The van der Waals surface area contributed by atoms with Crippen LogP contribution in [-0.2, 0) is 5.60 Å². The van der Waals surface area contributed by atoms with Crippen LogP contribution in [0.15, 0.2) is 60.7 Å². The normalized spacial score (nSPS) is 12.4. The van der Waals surface area contributed by atoms with E-state index in [4.69, 9.17) is 0 Å². The first kappa shape index (κ1) is 14.8. The summed E-state index contributed by atoms with van der Waals surface area (Å²) in [5.74, 6) is 0. The third kappa shape index (κ3) is 3.47. The number of hydrogen-bond acceptors (Lipinski definition) is 2. The smallest absolute Gasteiger partial charge is 0.115 e. The Balaban J connectivity index is 2.39. The van der Waals surface area contributed by atoms with Crippen LogP contribution in [-0.4, -0.2) is 15.8 Å². The van der Waals surface area contributed by atoms with Gasteiger partial charge in [0.1, 0.15) is 5.60 Å². The molecule has 0 aliphatic heterocycles. The monoisotopic (exact) mass is 270 g/mol. The third-order valence-electron chi connectivity index (χ3n) is 3.60.